The van der Waals surface area contributed by atoms with Gasteiger partial charge in [0.05, 0.1) is 23.3 Å². The third-order valence-electron chi connectivity index (χ3n) is 3.02. The van der Waals surface area contributed by atoms with E-state index >= 15 is 0 Å². The molecule has 0 unspecified atom stereocenters. The molecule has 0 N–H and O–H groups in total. The molecule has 92 valence electrons. The van der Waals surface area contributed by atoms with Gasteiger partial charge in [-0.2, -0.15) is 0 Å². The van der Waals surface area contributed by atoms with E-state index in [1.807, 2.05) is 13.8 Å². The van der Waals surface area contributed by atoms with E-state index in [0.717, 1.165) is 5.56 Å². The summed E-state index contributed by atoms with van der Waals surface area (Å²) in [5, 5.41) is 0. The van der Waals surface area contributed by atoms with E-state index in [1.54, 1.807) is 12.1 Å². The van der Waals surface area contributed by atoms with E-state index in [4.69, 9.17) is 0 Å². The molecular formula is C12H14O4S. The molecule has 1 aliphatic rings. The van der Waals surface area contributed by atoms with Crippen molar-refractivity contribution in [2.24, 2.45) is 0 Å². The molecule has 0 aromatic heterocycles. The fourth-order valence-electron chi connectivity index (χ4n) is 2.21. The second kappa shape index (κ2) is 3.57. The first kappa shape index (κ1) is 12.1. The predicted octanol–water partition coefficient (Wildman–Crippen LogP) is 1.54. The minimum absolute atomic E-state index is 0.0833. The summed E-state index contributed by atoms with van der Waals surface area (Å²) >= 11 is 0. The lowest BCUT2D eigenvalue weighted by atomic mass is 9.87. The number of hydrogen-bond donors (Lipinski definition) is 0. The molecular weight excluding hydrogens is 240 g/mol. The Morgan fingerprint density at radius 2 is 2.00 bits per heavy atom. The first-order valence-electron chi connectivity index (χ1n) is 5.23. The van der Waals surface area contributed by atoms with Gasteiger partial charge in [-0.3, -0.25) is 0 Å². The number of fused-ring (bicyclic) bond motifs is 1. The van der Waals surface area contributed by atoms with Crippen LogP contribution in [0.3, 0.4) is 0 Å². The van der Waals surface area contributed by atoms with Crippen LogP contribution in [-0.2, 0) is 20.0 Å². The molecule has 1 aromatic carbocycles. The average Bonchev–Trinajstić information content (AvgIpc) is 2.43. The quantitative estimate of drug-likeness (QED) is 0.713. The third-order valence-corrected chi connectivity index (χ3v) is 5.13. The van der Waals surface area contributed by atoms with Crippen LogP contribution in [0.4, 0.5) is 0 Å². The van der Waals surface area contributed by atoms with Crippen molar-refractivity contribution in [3.63, 3.8) is 0 Å². The highest BCUT2D eigenvalue weighted by molar-refractivity contribution is 7.91. The van der Waals surface area contributed by atoms with Crippen LogP contribution in [0.15, 0.2) is 23.1 Å². The second-order valence-corrected chi connectivity index (χ2v) is 6.80. The van der Waals surface area contributed by atoms with Crippen LogP contribution in [0.1, 0.15) is 29.8 Å². The van der Waals surface area contributed by atoms with Crippen molar-refractivity contribution in [2.75, 3.05) is 12.9 Å². The van der Waals surface area contributed by atoms with Crippen LogP contribution in [0.2, 0.25) is 0 Å². The SMILES string of the molecule is COC(=O)c1ccc2c(c1)S(=O)(=O)CC2(C)C. The molecule has 1 heterocycles. The summed E-state index contributed by atoms with van der Waals surface area (Å²) in [6, 6.07) is 4.71. The van der Waals surface area contributed by atoms with E-state index < -0.39 is 21.2 Å². The van der Waals surface area contributed by atoms with Crippen molar-refractivity contribution in [1.29, 1.82) is 0 Å². The van der Waals surface area contributed by atoms with E-state index in [9.17, 15) is 13.2 Å². The van der Waals surface area contributed by atoms with Gasteiger partial charge in [-0.1, -0.05) is 19.9 Å². The molecule has 1 aromatic rings. The van der Waals surface area contributed by atoms with Crippen LogP contribution in [0, 0.1) is 0 Å². The molecule has 0 spiro atoms. The highest BCUT2D eigenvalue weighted by Crippen LogP contribution is 2.39. The van der Waals surface area contributed by atoms with Gasteiger partial charge in [0.15, 0.2) is 9.84 Å². The van der Waals surface area contributed by atoms with Gasteiger partial charge in [0.25, 0.3) is 0 Å². The number of carbonyl (C=O) groups excluding carboxylic acids is 1. The number of benzene rings is 1. The molecule has 5 heteroatoms. The Morgan fingerprint density at radius 3 is 2.59 bits per heavy atom. The van der Waals surface area contributed by atoms with Gasteiger partial charge in [0.1, 0.15) is 0 Å². The first-order chi connectivity index (χ1) is 7.78. The Labute approximate surface area is 101 Å². The van der Waals surface area contributed by atoms with Gasteiger partial charge in [-0.05, 0) is 17.7 Å². The largest absolute Gasteiger partial charge is 0.465 e. The molecule has 0 fully saturated rings. The zero-order valence-corrected chi connectivity index (χ0v) is 10.8. The summed E-state index contributed by atoms with van der Waals surface area (Å²) in [6.45, 7) is 3.77. The van der Waals surface area contributed by atoms with Gasteiger partial charge in [0.2, 0.25) is 0 Å². The number of esters is 1. The number of carbonyl (C=O) groups is 1. The van der Waals surface area contributed by atoms with Crippen LogP contribution < -0.4 is 0 Å². The van der Waals surface area contributed by atoms with Gasteiger partial charge in [0, 0.05) is 5.41 Å². The normalized spacial score (nSPS) is 19.7. The second-order valence-electron chi connectivity index (χ2n) is 4.85. The zero-order valence-electron chi connectivity index (χ0n) is 9.98. The highest BCUT2D eigenvalue weighted by Gasteiger charge is 2.40. The zero-order chi connectivity index (χ0) is 12.8. The highest BCUT2D eigenvalue weighted by atomic mass is 32.2. The van der Waals surface area contributed by atoms with E-state index in [1.165, 1.54) is 13.2 Å². The molecule has 0 amide bonds. The lowest BCUT2D eigenvalue weighted by Crippen LogP contribution is -2.19. The topological polar surface area (TPSA) is 60.4 Å². The molecule has 0 atom stereocenters. The lowest BCUT2D eigenvalue weighted by molar-refractivity contribution is 0.0600. The van der Waals surface area contributed by atoms with Crippen molar-refractivity contribution < 1.29 is 17.9 Å². The molecule has 1 aliphatic heterocycles. The monoisotopic (exact) mass is 254 g/mol. The number of ether oxygens (including phenoxy) is 1. The Morgan fingerprint density at radius 1 is 1.35 bits per heavy atom. The van der Waals surface area contributed by atoms with Crippen molar-refractivity contribution >= 4 is 15.8 Å². The summed E-state index contributed by atoms with van der Waals surface area (Å²) in [5.41, 5.74) is 0.640. The predicted molar refractivity (Wildman–Crippen MR) is 62.9 cm³/mol. The molecule has 0 radical (unpaired) electrons. The van der Waals surface area contributed by atoms with Crippen molar-refractivity contribution in [1.82, 2.24) is 0 Å². The number of hydrogen-bond acceptors (Lipinski definition) is 4. The standard InChI is InChI=1S/C12H14O4S/c1-12(2)7-17(14,15)10-6-8(11(13)16-3)4-5-9(10)12/h4-6H,7H2,1-3H3. The Bertz CT molecular complexity index is 585. The van der Waals surface area contributed by atoms with E-state index in [0.29, 0.717) is 0 Å². The minimum atomic E-state index is -3.29. The molecule has 2 rings (SSSR count). The minimum Gasteiger partial charge on any atom is -0.465 e. The Balaban J connectivity index is 2.65. The number of rotatable bonds is 1. The van der Waals surface area contributed by atoms with Gasteiger partial charge < -0.3 is 4.74 Å². The molecule has 4 nitrogen and oxygen atoms in total. The fourth-order valence-corrected chi connectivity index (χ4v) is 4.46. The van der Waals surface area contributed by atoms with E-state index in [-0.39, 0.29) is 16.2 Å². The lowest BCUT2D eigenvalue weighted by Gasteiger charge is -2.16. The summed E-state index contributed by atoms with van der Waals surface area (Å²) in [4.78, 5) is 11.6. The fraction of sp³-hybridized carbons (Fsp3) is 0.417. The number of sulfone groups is 1. The van der Waals surface area contributed by atoms with Crippen LogP contribution in [0.25, 0.3) is 0 Å². The third kappa shape index (κ3) is 1.84. The van der Waals surface area contributed by atoms with Crippen molar-refractivity contribution in [3.05, 3.63) is 29.3 Å². The summed E-state index contributed by atoms with van der Waals surface area (Å²) in [6.07, 6.45) is 0. The average molecular weight is 254 g/mol. The molecule has 0 bridgehead atoms. The molecule has 0 saturated carbocycles. The van der Waals surface area contributed by atoms with Gasteiger partial charge in [-0.15, -0.1) is 0 Å². The maximum Gasteiger partial charge on any atom is 0.337 e. The van der Waals surface area contributed by atoms with Crippen LogP contribution >= 0.6 is 0 Å². The molecule has 0 aliphatic carbocycles. The summed E-state index contributed by atoms with van der Waals surface area (Å²) in [5.74, 6) is -0.437. The smallest absolute Gasteiger partial charge is 0.337 e. The van der Waals surface area contributed by atoms with Gasteiger partial charge in [-0.25, -0.2) is 13.2 Å². The molecule has 17 heavy (non-hydrogen) atoms. The van der Waals surface area contributed by atoms with Crippen molar-refractivity contribution in [2.45, 2.75) is 24.2 Å². The summed E-state index contributed by atoms with van der Waals surface area (Å²) < 4.78 is 28.5. The maximum absolute atomic E-state index is 12.0. The number of methoxy groups -OCH3 is 1. The maximum atomic E-state index is 12.0. The Kier molecular flexibility index (Phi) is 2.54. The van der Waals surface area contributed by atoms with Crippen LogP contribution in [-0.4, -0.2) is 27.2 Å². The Hall–Kier alpha value is -1.36. The molecule has 0 saturated heterocycles. The van der Waals surface area contributed by atoms with Crippen molar-refractivity contribution in [3.8, 4) is 0 Å². The summed E-state index contributed by atoms with van der Waals surface area (Å²) in [7, 11) is -2.01. The van der Waals surface area contributed by atoms with Gasteiger partial charge >= 0.3 is 5.97 Å². The van der Waals surface area contributed by atoms with Crippen LogP contribution in [0.5, 0.6) is 0 Å². The van der Waals surface area contributed by atoms with E-state index in [2.05, 4.69) is 4.74 Å². The first-order valence-corrected chi connectivity index (χ1v) is 6.89.